The van der Waals surface area contributed by atoms with Crippen LogP contribution < -0.4 is 4.90 Å². The highest BCUT2D eigenvalue weighted by atomic mass is 16.4. The Morgan fingerprint density at radius 1 is 1.19 bits per heavy atom. The smallest absolute Gasteiger partial charge is 0.303 e. The summed E-state index contributed by atoms with van der Waals surface area (Å²) < 4.78 is 0. The lowest BCUT2D eigenvalue weighted by Crippen LogP contribution is -2.47. The van der Waals surface area contributed by atoms with E-state index >= 15 is 0 Å². The summed E-state index contributed by atoms with van der Waals surface area (Å²) in [5.74, 6) is 0.630. The van der Waals surface area contributed by atoms with Gasteiger partial charge in [-0.05, 0) is 43.2 Å². The van der Waals surface area contributed by atoms with E-state index in [1.165, 1.54) is 24.9 Å². The number of carboxylic acid groups (broad SMARTS) is 1. The van der Waals surface area contributed by atoms with Crippen molar-refractivity contribution in [3.63, 3.8) is 0 Å². The fourth-order valence-electron chi connectivity index (χ4n) is 3.75. The summed E-state index contributed by atoms with van der Waals surface area (Å²) in [6.45, 7) is 5.51. The Labute approximate surface area is 128 Å². The molecular weight excluding hydrogens is 262 g/mol. The summed E-state index contributed by atoms with van der Waals surface area (Å²) in [6.07, 6.45) is 4.82. The van der Waals surface area contributed by atoms with Gasteiger partial charge in [0.25, 0.3) is 0 Å². The zero-order valence-electron chi connectivity index (χ0n) is 13.2. The van der Waals surface area contributed by atoms with E-state index in [-0.39, 0.29) is 6.42 Å². The van der Waals surface area contributed by atoms with E-state index in [1.807, 2.05) is 6.07 Å². The number of carbonyl (C=O) groups is 1. The lowest BCUT2D eigenvalue weighted by molar-refractivity contribution is -0.137. The fraction of sp³-hybridized carbons (Fsp3) is 0.611. The number of carboxylic acids is 1. The molecule has 0 spiro atoms. The van der Waals surface area contributed by atoms with Crippen LogP contribution in [0, 0.1) is 11.8 Å². The molecule has 1 fully saturated rings. The Morgan fingerprint density at radius 2 is 1.81 bits per heavy atom. The topological polar surface area (TPSA) is 40.5 Å². The van der Waals surface area contributed by atoms with E-state index < -0.39 is 5.97 Å². The standard InChI is InChI=1S/C18H27NO2/c1-14-8-6-9-15(2)18(14)19(13-7-12-17(20)21)16-10-4-3-5-11-16/h3-5,10-11,14-15,18H,6-9,12-13H2,1-2H3,(H,20,21). The average Bonchev–Trinajstić information content (AvgIpc) is 2.46. The third-order valence-corrected chi connectivity index (χ3v) is 4.72. The van der Waals surface area contributed by atoms with Gasteiger partial charge in [-0.3, -0.25) is 4.79 Å². The van der Waals surface area contributed by atoms with Crippen molar-refractivity contribution < 1.29 is 9.90 Å². The van der Waals surface area contributed by atoms with E-state index in [0.29, 0.717) is 24.3 Å². The van der Waals surface area contributed by atoms with Crippen LogP contribution in [-0.2, 0) is 4.79 Å². The zero-order chi connectivity index (χ0) is 15.2. The number of benzene rings is 1. The number of aliphatic carboxylic acids is 1. The lowest BCUT2D eigenvalue weighted by atomic mass is 9.77. The van der Waals surface area contributed by atoms with Crippen LogP contribution in [0.4, 0.5) is 5.69 Å². The first-order chi connectivity index (χ1) is 10.1. The van der Waals surface area contributed by atoms with Crippen LogP contribution in [0.1, 0.15) is 46.0 Å². The van der Waals surface area contributed by atoms with Crippen molar-refractivity contribution in [2.75, 3.05) is 11.4 Å². The van der Waals surface area contributed by atoms with E-state index in [2.05, 4.69) is 43.0 Å². The molecule has 0 aromatic heterocycles. The van der Waals surface area contributed by atoms with Crippen molar-refractivity contribution in [1.29, 1.82) is 0 Å². The summed E-state index contributed by atoms with van der Waals surface area (Å²) in [7, 11) is 0. The molecule has 1 N–H and O–H groups in total. The highest BCUT2D eigenvalue weighted by Gasteiger charge is 2.32. The number of nitrogens with zero attached hydrogens (tertiary/aromatic N) is 1. The maximum atomic E-state index is 10.8. The molecular formula is C18H27NO2. The van der Waals surface area contributed by atoms with Gasteiger partial charge in [0.1, 0.15) is 0 Å². The van der Waals surface area contributed by atoms with Crippen molar-refractivity contribution in [3.8, 4) is 0 Å². The summed E-state index contributed by atoms with van der Waals surface area (Å²) in [6, 6.07) is 11.0. The summed E-state index contributed by atoms with van der Waals surface area (Å²) in [5, 5.41) is 8.89. The monoisotopic (exact) mass is 289 g/mol. The third-order valence-electron chi connectivity index (χ3n) is 4.72. The molecule has 0 radical (unpaired) electrons. The molecule has 2 rings (SSSR count). The SMILES string of the molecule is CC1CCCC(C)C1N(CCCC(=O)O)c1ccccc1. The predicted octanol–water partition coefficient (Wildman–Crippen LogP) is 4.18. The summed E-state index contributed by atoms with van der Waals surface area (Å²) in [5.41, 5.74) is 1.23. The van der Waals surface area contributed by atoms with Gasteiger partial charge in [0.15, 0.2) is 0 Å². The first-order valence-corrected chi connectivity index (χ1v) is 8.13. The number of para-hydroxylation sites is 1. The van der Waals surface area contributed by atoms with E-state index in [9.17, 15) is 4.79 Å². The molecule has 0 aliphatic heterocycles. The van der Waals surface area contributed by atoms with Crippen molar-refractivity contribution in [3.05, 3.63) is 30.3 Å². The molecule has 1 aromatic carbocycles. The molecule has 2 atom stereocenters. The minimum Gasteiger partial charge on any atom is -0.481 e. The van der Waals surface area contributed by atoms with Gasteiger partial charge in [-0.25, -0.2) is 0 Å². The van der Waals surface area contributed by atoms with Crippen LogP contribution >= 0.6 is 0 Å². The zero-order valence-corrected chi connectivity index (χ0v) is 13.2. The molecule has 1 aliphatic carbocycles. The number of rotatable bonds is 6. The van der Waals surface area contributed by atoms with Gasteiger partial charge in [-0.2, -0.15) is 0 Å². The molecule has 1 aromatic rings. The van der Waals surface area contributed by atoms with Crippen molar-refractivity contribution in [2.45, 2.75) is 52.0 Å². The Kier molecular flexibility index (Phi) is 5.66. The van der Waals surface area contributed by atoms with Gasteiger partial charge in [0.05, 0.1) is 0 Å². The Bertz CT molecular complexity index is 436. The maximum Gasteiger partial charge on any atom is 0.303 e. The molecule has 0 amide bonds. The second-order valence-corrected chi connectivity index (χ2v) is 6.40. The van der Waals surface area contributed by atoms with Gasteiger partial charge in [-0.15, -0.1) is 0 Å². The van der Waals surface area contributed by atoms with E-state index in [4.69, 9.17) is 5.11 Å². The molecule has 0 heterocycles. The van der Waals surface area contributed by atoms with Crippen LogP contribution in [0.3, 0.4) is 0 Å². The number of hydrogen-bond donors (Lipinski definition) is 1. The number of anilines is 1. The summed E-state index contributed by atoms with van der Waals surface area (Å²) in [4.78, 5) is 13.3. The van der Waals surface area contributed by atoms with Crippen LogP contribution in [0.5, 0.6) is 0 Å². The second-order valence-electron chi connectivity index (χ2n) is 6.40. The van der Waals surface area contributed by atoms with Gasteiger partial charge in [-0.1, -0.05) is 38.5 Å². The average molecular weight is 289 g/mol. The molecule has 1 aliphatic rings. The highest BCUT2D eigenvalue weighted by Crippen LogP contribution is 2.35. The molecule has 116 valence electrons. The summed E-state index contributed by atoms with van der Waals surface area (Å²) >= 11 is 0. The quantitative estimate of drug-likeness (QED) is 0.854. The molecule has 1 saturated carbocycles. The van der Waals surface area contributed by atoms with Gasteiger partial charge < -0.3 is 10.0 Å². The van der Waals surface area contributed by atoms with E-state index in [0.717, 1.165) is 6.54 Å². The third kappa shape index (κ3) is 4.23. The minimum atomic E-state index is -0.701. The minimum absolute atomic E-state index is 0.249. The van der Waals surface area contributed by atoms with E-state index in [1.54, 1.807) is 0 Å². The van der Waals surface area contributed by atoms with Crippen molar-refractivity contribution in [2.24, 2.45) is 11.8 Å². The van der Waals surface area contributed by atoms with Crippen LogP contribution in [0.15, 0.2) is 30.3 Å². The molecule has 3 heteroatoms. The van der Waals surface area contributed by atoms with Gasteiger partial charge in [0.2, 0.25) is 0 Å². The lowest BCUT2D eigenvalue weighted by Gasteiger charge is -2.44. The van der Waals surface area contributed by atoms with Crippen molar-refractivity contribution >= 4 is 11.7 Å². The molecule has 2 unspecified atom stereocenters. The van der Waals surface area contributed by atoms with Crippen LogP contribution in [0.25, 0.3) is 0 Å². The Hall–Kier alpha value is -1.51. The molecule has 3 nitrogen and oxygen atoms in total. The highest BCUT2D eigenvalue weighted by molar-refractivity contribution is 5.66. The number of hydrogen-bond acceptors (Lipinski definition) is 2. The molecule has 0 saturated heterocycles. The second kappa shape index (κ2) is 7.48. The normalized spacial score (nSPS) is 25.5. The van der Waals surface area contributed by atoms with Crippen LogP contribution in [-0.4, -0.2) is 23.7 Å². The van der Waals surface area contributed by atoms with Gasteiger partial charge >= 0.3 is 5.97 Å². The predicted molar refractivity (Wildman–Crippen MR) is 86.6 cm³/mol. The fourth-order valence-corrected chi connectivity index (χ4v) is 3.75. The Balaban J connectivity index is 2.16. The van der Waals surface area contributed by atoms with Crippen molar-refractivity contribution in [1.82, 2.24) is 0 Å². The molecule has 21 heavy (non-hydrogen) atoms. The van der Waals surface area contributed by atoms with Gasteiger partial charge in [0, 0.05) is 24.7 Å². The first kappa shape index (κ1) is 15.9. The molecule has 0 bridgehead atoms. The Morgan fingerprint density at radius 3 is 2.38 bits per heavy atom. The largest absolute Gasteiger partial charge is 0.481 e. The first-order valence-electron chi connectivity index (χ1n) is 8.13. The maximum absolute atomic E-state index is 10.8. The van der Waals surface area contributed by atoms with Crippen LogP contribution in [0.2, 0.25) is 0 Å².